The van der Waals surface area contributed by atoms with Crippen LogP contribution in [0.25, 0.3) is 0 Å². The maximum Gasteiger partial charge on any atom is 0.270 e. The molecular formula is C16H16N2O5. The van der Waals surface area contributed by atoms with Crippen LogP contribution in [-0.2, 0) is 5.60 Å². The third-order valence-electron chi connectivity index (χ3n) is 4.04. The Morgan fingerprint density at radius 3 is 2.78 bits per heavy atom. The second-order valence-electron chi connectivity index (χ2n) is 5.67. The first kappa shape index (κ1) is 15.2. The Labute approximate surface area is 132 Å². The van der Waals surface area contributed by atoms with E-state index in [0.717, 1.165) is 12.8 Å². The number of nitrogens with one attached hydrogen (secondary N) is 1. The van der Waals surface area contributed by atoms with Gasteiger partial charge < -0.3 is 14.8 Å². The highest BCUT2D eigenvalue weighted by atomic mass is 16.6. The van der Waals surface area contributed by atoms with Crippen LogP contribution < -0.4 is 5.32 Å². The molecule has 2 N–H and O–H groups in total. The van der Waals surface area contributed by atoms with Gasteiger partial charge in [-0.05, 0) is 37.0 Å². The molecule has 1 aliphatic rings. The summed E-state index contributed by atoms with van der Waals surface area (Å²) in [5.41, 5.74) is -1.22. The lowest BCUT2D eigenvalue weighted by molar-refractivity contribution is -0.384. The van der Waals surface area contributed by atoms with Gasteiger partial charge in [-0.25, -0.2) is 0 Å². The molecule has 1 saturated carbocycles. The SMILES string of the molecule is O=C(NCC(O)(c1ccco1)C1CC1)c1cccc([N+](=O)[O-])c1. The third kappa shape index (κ3) is 3.09. The molecule has 1 aliphatic carbocycles. The van der Waals surface area contributed by atoms with Crippen molar-refractivity contribution >= 4 is 11.6 Å². The van der Waals surface area contributed by atoms with Gasteiger partial charge in [0.1, 0.15) is 11.4 Å². The van der Waals surface area contributed by atoms with Crippen LogP contribution in [-0.4, -0.2) is 22.5 Å². The summed E-state index contributed by atoms with van der Waals surface area (Å²) in [5, 5.41) is 24.2. The van der Waals surface area contributed by atoms with E-state index in [-0.39, 0.29) is 23.7 Å². The van der Waals surface area contributed by atoms with Crippen molar-refractivity contribution in [2.45, 2.75) is 18.4 Å². The van der Waals surface area contributed by atoms with E-state index in [1.807, 2.05) is 0 Å². The van der Waals surface area contributed by atoms with Crippen LogP contribution in [0.15, 0.2) is 47.1 Å². The first-order valence-electron chi connectivity index (χ1n) is 7.30. The number of hydrogen-bond donors (Lipinski definition) is 2. The molecule has 7 nitrogen and oxygen atoms in total. The van der Waals surface area contributed by atoms with Gasteiger partial charge in [0.15, 0.2) is 0 Å². The van der Waals surface area contributed by atoms with Gasteiger partial charge in [0.05, 0.1) is 17.7 Å². The zero-order chi connectivity index (χ0) is 16.4. The number of nitrogens with zero attached hydrogens (tertiary/aromatic N) is 1. The minimum absolute atomic E-state index is 0.00724. The number of aliphatic hydroxyl groups is 1. The second-order valence-corrected chi connectivity index (χ2v) is 5.67. The summed E-state index contributed by atoms with van der Waals surface area (Å²) in [6.07, 6.45) is 3.21. The number of furan rings is 1. The summed E-state index contributed by atoms with van der Waals surface area (Å²) in [7, 11) is 0. The number of hydrogen-bond acceptors (Lipinski definition) is 5. The van der Waals surface area contributed by atoms with Crippen LogP contribution in [0.5, 0.6) is 0 Å². The number of nitro benzene ring substituents is 1. The molecule has 0 spiro atoms. The number of carbonyl (C=O) groups is 1. The fourth-order valence-corrected chi connectivity index (χ4v) is 2.60. The van der Waals surface area contributed by atoms with Gasteiger partial charge in [0.2, 0.25) is 0 Å². The van der Waals surface area contributed by atoms with Crippen LogP contribution in [0.3, 0.4) is 0 Å². The predicted molar refractivity (Wildman–Crippen MR) is 80.8 cm³/mol. The van der Waals surface area contributed by atoms with Crippen molar-refractivity contribution in [1.82, 2.24) is 5.32 Å². The fourth-order valence-electron chi connectivity index (χ4n) is 2.60. The fraction of sp³-hybridized carbons (Fsp3) is 0.312. The van der Waals surface area contributed by atoms with Crippen molar-refractivity contribution in [3.8, 4) is 0 Å². The maximum atomic E-state index is 12.2. The molecule has 0 bridgehead atoms. The minimum atomic E-state index is -1.25. The Morgan fingerprint density at radius 2 is 2.17 bits per heavy atom. The molecule has 1 fully saturated rings. The zero-order valence-corrected chi connectivity index (χ0v) is 12.3. The van der Waals surface area contributed by atoms with Gasteiger partial charge in [0, 0.05) is 17.7 Å². The van der Waals surface area contributed by atoms with Gasteiger partial charge >= 0.3 is 0 Å². The topological polar surface area (TPSA) is 106 Å². The molecule has 1 atom stereocenters. The third-order valence-corrected chi connectivity index (χ3v) is 4.04. The molecule has 1 amide bonds. The summed E-state index contributed by atoms with van der Waals surface area (Å²) in [6, 6.07) is 8.83. The van der Waals surface area contributed by atoms with E-state index in [1.54, 1.807) is 12.1 Å². The first-order valence-corrected chi connectivity index (χ1v) is 7.30. The largest absolute Gasteiger partial charge is 0.466 e. The molecule has 1 aromatic carbocycles. The molecule has 0 radical (unpaired) electrons. The second kappa shape index (κ2) is 5.85. The number of amides is 1. The van der Waals surface area contributed by atoms with Crippen molar-refractivity contribution in [3.63, 3.8) is 0 Å². The van der Waals surface area contributed by atoms with E-state index in [1.165, 1.54) is 30.5 Å². The highest BCUT2D eigenvalue weighted by Crippen LogP contribution is 2.45. The van der Waals surface area contributed by atoms with Crippen molar-refractivity contribution in [2.75, 3.05) is 6.54 Å². The van der Waals surface area contributed by atoms with Crippen LogP contribution in [0.4, 0.5) is 5.69 Å². The van der Waals surface area contributed by atoms with Crippen LogP contribution in [0, 0.1) is 16.0 Å². The quantitative estimate of drug-likeness (QED) is 0.628. The number of nitro groups is 1. The minimum Gasteiger partial charge on any atom is -0.466 e. The molecule has 1 aromatic heterocycles. The molecule has 3 rings (SSSR count). The van der Waals surface area contributed by atoms with Crippen molar-refractivity contribution in [1.29, 1.82) is 0 Å². The summed E-state index contributed by atoms with van der Waals surface area (Å²) in [4.78, 5) is 22.4. The van der Waals surface area contributed by atoms with E-state index in [0.29, 0.717) is 5.76 Å². The maximum absolute atomic E-state index is 12.2. The van der Waals surface area contributed by atoms with E-state index in [4.69, 9.17) is 4.42 Å². The van der Waals surface area contributed by atoms with Crippen LogP contribution in [0.2, 0.25) is 0 Å². The Hall–Kier alpha value is -2.67. The molecule has 1 unspecified atom stereocenters. The smallest absolute Gasteiger partial charge is 0.270 e. The van der Waals surface area contributed by atoms with Gasteiger partial charge in [-0.1, -0.05) is 6.07 Å². The molecule has 1 heterocycles. The molecule has 0 aliphatic heterocycles. The van der Waals surface area contributed by atoms with Gasteiger partial charge in [0.25, 0.3) is 11.6 Å². The number of non-ortho nitro benzene ring substituents is 1. The molecule has 7 heteroatoms. The van der Waals surface area contributed by atoms with E-state index >= 15 is 0 Å². The highest BCUT2D eigenvalue weighted by Gasteiger charge is 2.47. The first-order chi connectivity index (χ1) is 11.0. The summed E-state index contributed by atoms with van der Waals surface area (Å²) in [6.45, 7) is -0.00724. The van der Waals surface area contributed by atoms with Crippen molar-refractivity contribution in [2.24, 2.45) is 5.92 Å². The van der Waals surface area contributed by atoms with E-state index in [2.05, 4.69) is 5.32 Å². The van der Waals surface area contributed by atoms with E-state index in [9.17, 15) is 20.0 Å². The Balaban J connectivity index is 1.73. The molecule has 0 saturated heterocycles. The Bertz CT molecular complexity index is 724. The van der Waals surface area contributed by atoms with Crippen LogP contribution >= 0.6 is 0 Å². The lowest BCUT2D eigenvalue weighted by Crippen LogP contribution is -2.42. The Morgan fingerprint density at radius 1 is 1.39 bits per heavy atom. The number of carbonyl (C=O) groups excluding carboxylic acids is 1. The normalized spacial score (nSPS) is 16.6. The summed E-state index contributed by atoms with van der Waals surface area (Å²) in [5.74, 6) is -0.0160. The number of rotatable bonds is 6. The van der Waals surface area contributed by atoms with Gasteiger partial charge in [-0.2, -0.15) is 0 Å². The monoisotopic (exact) mass is 316 g/mol. The van der Waals surface area contributed by atoms with Crippen molar-refractivity contribution < 1.29 is 19.2 Å². The van der Waals surface area contributed by atoms with Crippen molar-refractivity contribution in [3.05, 3.63) is 64.1 Å². The zero-order valence-electron chi connectivity index (χ0n) is 12.3. The molecular weight excluding hydrogens is 300 g/mol. The van der Waals surface area contributed by atoms with E-state index < -0.39 is 16.4 Å². The molecule has 120 valence electrons. The highest BCUT2D eigenvalue weighted by molar-refractivity contribution is 5.94. The van der Waals surface area contributed by atoms with Crippen LogP contribution in [0.1, 0.15) is 29.0 Å². The molecule has 23 heavy (non-hydrogen) atoms. The standard InChI is InChI=1S/C16H16N2O5/c19-15(11-3-1-4-13(9-11)18(21)22)17-10-16(20,12-6-7-12)14-5-2-8-23-14/h1-5,8-9,12,20H,6-7,10H2,(H,17,19). The van der Waals surface area contributed by atoms with Gasteiger partial charge in [-0.15, -0.1) is 0 Å². The average molecular weight is 316 g/mol. The average Bonchev–Trinajstić information content (AvgIpc) is 3.27. The Kier molecular flexibility index (Phi) is 3.87. The predicted octanol–water partition coefficient (Wildman–Crippen LogP) is 2.22. The van der Waals surface area contributed by atoms with Gasteiger partial charge in [-0.3, -0.25) is 14.9 Å². The number of benzene rings is 1. The lowest BCUT2D eigenvalue weighted by Gasteiger charge is -2.26. The summed E-state index contributed by atoms with van der Waals surface area (Å²) >= 11 is 0. The summed E-state index contributed by atoms with van der Waals surface area (Å²) < 4.78 is 5.30. The lowest BCUT2D eigenvalue weighted by atomic mass is 9.94. The molecule has 2 aromatic rings.